The summed E-state index contributed by atoms with van der Waals surface area (Å²) in [5.74, 6) is 3.49. The van der Waals surface area contributed by atoms with Crippen LogP contribution in [0.25, 0.3) is 0 Å². The molecule has 2 heterocycles. The molecule has 1 N–H and O–H groups in total. The van der Waals surface area contributed by atoms with Crippen LogP contribution in [-0.2, 0) is 32.0 Å². The zero-order valence-corrected chi connectivity index (χ0v) is 26.8. The molecule has 0 spiro atoms. The number of amides is 1. The van der Waals surface area contributed by atoms with E-state index >= 15 is 0 Å². The summed E-state index contributed by atoms with van der Waals surface area (Å²) in [6, 6.07) is 4.06. The number of allylic oxidation sites excluding steroid dienone is 4. The van der Waals surface area contributed by atoms with Crippen molar-refractivity contribution in [1.82, 2.24) is 15.1 Å². The van der Waals surface area contributed by atoms with Crippen molar-refractivity contribution in [3.63, 3.8) is 0 Å². The van der Waals surface area contributed by atoms with Gasteiger partial charge in [0.2, 0.25) is 6.41 Å². The molecule has 9 nitrogen and oxygen atoms in total. The monoisotopic (exact) mass is 585 g/mol. The summed E-state index contributed by atoms with van der Waals surface area (Å²) >= 11 is 0. The molecule has 1 fully saturated rings. The molecule has 0 unspecified atom stereocenters. The largest absolute Gasteiger partial charge is 0.501 e. The van der Waals surface area contributed by atoms with Crippen LogP contribution < -0.4 is 14.8 Å². The zero-order valence-electron chi connectivity index (χ0n) is 26.8. The number of fused-ring (bicyclic) bond motifs is 1. The van der Waals surface area contributed by atoms with Gasteiger partial charge in [0.05, 0.1) is 39.7 Å². The Morgan fingerprint density at radius 1 is 1.10 bits per heavy atom. The van der Waals surface area contributed by atoms with E-state index in [1.165, 1.54) is 16.8 Å². The molecule has 0 aromatic heterocycles. The average Bonchev–Trinajstić information content (AvgIpc) is 3.00. The summed E-state index contributed by atoms with van der Waals surface area (Å²) in [4.78, 5) is 26.4. The Kier molecular flexibility index (Phi) is 14.5. The fourth-order valence-electron chi connectivity index (χ4n) is 5.61. The number of ether oxygens (including phenoxy) is 4. The molecule has 3 rings (SSSR count). The number of hydrogen-bond donors (Lipinski definition) is 1. The number of nitrogens with one attached hydrogen (secondary N) is 1. The maximum atomic E-state index is 12.0. The number of carbonyl (C=O) groups excluding carboxylic acids is 2. The van der Waals surface area contributed by atoms with E-state index in [9.17, 15) is 9.59 Å². The maximum Gasteiger partial charge on any atom is 0.210 e. The Morgan fingerprint density at radius 2 is 1.81 bits per heavy atom. The first kappa shape index (κ1) is 34.7. The van der Waals surface area contributed by atoms with Crippen LogP contribution in [0.2, 0.25) is 0 Å². The van der Waals surface area contributed by atoms with Gasteiger partial charge in [0.1, 0.15) is 23.5 Å². The van der Waals surface area contributed by atoms with Crippen molar-refractivity contribution in [2.24, 2.45) is 5.92 Å². The number of likely N-dealkylation sites (tertiary alicyclic amines) is 1. The molecule has 0 radical (unpaired) electrons. The number of piperidine rings is 1. The minimum Gasteiger partial charge on any atom is -0.501 e. The highest BCUT2D eigenvalue weighted by Crippen LogP contribution is 2.38. The fraction of sp³-hybridized carbons (Fsp3) is 0.576. The van der Waals surface area contributed by atoms with Crippen molar-refractivity contribution in [3.05, 3.63) is 58.7 Å². The van der Waals surface area contributed by atoms with Gasteiger partial charge in [0.15, 0.2) is 0 Å². The van der Waals surface area contributed by atoms with Crippen molar-refractivity contribution < 1.29 is 28.5 Å². The Bertz CT molecular complexity index is 1100. The van der Waals surface area contributed by atoms with E-state index in [0.717, 1.165) is 68.7 Å². The molecular formula is C33H51N3O6. The molecule has 2 aliphatic heterocycles. The highest BCUT2D eigenvalue weighted by molar-refractivity contribution is 5.53. The standard InChI is InChI=1S/C23H35N3O3.C10H16O3/c1-6-26(16-27)23(7-9-25(3)10-8-23)22-12-17(2)11-20-18(15-24-22)13-19(28-4)14-21(20)29-5;1-4-9(12-2)8-10(13-3)6-5-7-11/h12-14,16-17,24H,6-11,15H2,1-5H3;6-8H,4-5H2,1-3H3/b22-12-;9-8+,10-6+/t17-;/m1./s1. The predicted molar refractivity (Wildman–Crippen MR) is 166 cm³/mol. The third-order valence-corrected chi connectivity index (χ3v) is 8.08. The minimum atomic E-state index is -0.266. The van der Waals surface area contributed by atoms with Gasteiger partial charge in [0.25, 0.3) is 0 Å². The lowest BCUT2D eigenvalue weighted by atomic mass is 9.80. The fourth-order valence-corrected chi connectivity index (χ4v) is 5.61. The normalized spacial score (nSPS) is 20.1. The quantitative estimate of drug-likeness (QED) is 0.211. The molecule has 1 atom stereocenters. The molecule has 1 amide bonds. The van der Waals surface area contributed by atoms with Gasteiger partial charge in [0, 0.05) is 56.9 Å². The van der Waals surface area contributed by atoms with E-state index in [2.05, 4.69) is 43.3 Å². The number of likely N-dealkylation sites (N-methyl/N-ethyl adjacent to an activating group) is 1. The summed E-state index contributed by atoms with van der Waals surface area (Å²) in [5.41, 5.74) is 3.33. The van der Waals surface area contributed by atoms with Crippen LogP contribution in [0.5, 0.6) is 11.5 Å². The molecule has 0 saturated carbocycles. The lowest BCUT2D eigenvalue weighted by molar-refractivity contribution is -0.124. The first-order chi connectivity index (χ1) is 20.2. The Labute approximate surface area is 252 Å². The summed E-state index contributed by atoms with van der Waals surface area (Å²) < 4.78 is 21.2. The van der Waals surface area contributed by atoms with Crippen LogP contribution in [-0.4, -0.2) is 83.2 Å². The third kappa shape index (κ3) is 9.02. The second kappa shape index (κ2) is 17.5. The second-order valence-corrected chi connectivity index (χ2v) is 10.7. The van der Waals surface area contributed by atoms with E-state index in [4.69, 9.17) is 18.9 Å². The lowest BCUT2D eigenvalue weighted by Crippen LogP contribution is -2.58. The van der Waals surface area contributed by atoms with Crippen LogP contribution in [0.3, 0.4) is 0 Å². The van der Waals surface area contributed by atoms with Crippen LogP contribution in [0, 0.1) is 5.92 Å². The zero-order chi connectivity index (χ0) is 31.1. The number of nitrogens with zero attached hydrogens (tertiary/aromatic N) is 2. The van der Waals surface area contributed by atoms with E-state index in [1.807, 2.05) is 17.9 Å². The summed E-state index contributed by atoms with van der Waals surface area (Å²) in [6.07, 6.45) is 11.6. The van der Waals surface area contributed by atoms with Gasteiger partial charge in [-0.15, -0.1) is 0 Å². The van der Waals surface area contributed by atoms with Crippen molar-refractivity contribution in [2.75, 3.05) is 55.1 Å². The van der Waals surface area contributed by atoms with Crippen molar-refractivity contribution in [3.8, 4) is 11.5 Å². The molecule has 0 aliphatic carbocycles. The van der Waals surface area contributed by atoms with Gasteiger partial charge in [-0.25, -0.2) is 0 Å². The van der Waals surface area contributed by atoms with Crippen LogP contribution in [0.1, 0.15) is 57.6 Å². The van der Waals surface area contributed by atoms with Crippen molar-refractivity contribution >= 4 is 12.7 Å². The highest BCUT2D eigenvalue weighted by atomic mass is 16.5. The van der Waals surface area contributed by atoms with E-state index in [-0.39, 0.29) is 5.54 Å². The van der Waals surface area contributed by atoms with Gasteiger partial charge < -0.3 is 38.9 Å². The molecule has 1 aromatic rings. The van der Waals surface area contributed by atoms with Gasteiger partial charge >= 0.3 is 0 Å². The molecule has 234 valence electrons. The van der Waals surface area contributed by atoms with E-state index in [1.54, 1.807) is 40.6 Å². The third-order valence-electron chi connectivity index (χ3n) is 8.08. The Morgan fingerprint density at radius 3 is 2.33 bits per heavy atom. The highest BCUT2D eigenvalue weighted by Gasteiger charge is 2.42. The second-order valence-electron chi connectivity index (χ2n) is 10.7. The first-order valence-corrected chi connectivity index (χ1v) is 14.8. The smallest absolute Gasteiger partial charge is 0.210 e. The SMILES string of the molecule is CC/C(=C\C(=C/CC=O)OC)OC.CCN(C=O)C1(/C2=C/[C@H](C)Cc3c(cc(OC)cc3OC)CN2)CCN(C)CC1. The minimum absolute atomic E-state index is 0.266. The first-order valence-electron chi connectivity index (χ1n) is 14.8. The van der Waals surface area contributed by atoms with Gasteiger partial charge in [-0.3, -0.25) is 4.79 Å². The van der Waals surface area contributed by atoms with Gasteiger partial charge in [-0.05, 0) is 62.4 Å². The number of carbonyl (C=O) groups is 2. The maximum absolute atomic E-state index is 12.0. The number of hydrogen-bond acceptors (Lipinski definition) is 8. The number of rotatable bonds is 12. The van der Waals surface area contributed by atoms with Gasteiger partial charge in [-0.1, -0.05) is 19.9 Å². The van der Waals surface area contributed by atoms with Crippen molar-refractivity contribution in [1.29, 1.82) is 0 Å². The van der Waals surface area contributed by atoms with Crippen LogP contribution in [0.15, 0.2) is 47.6 Å². The van der Waals surface area contributed by atoms with Crippen LogP contribution in [0.4, 0.5) is 0 Å². The van der Waals surface area contributed by atoms with E-state index < -0.39 is 0 Å². The number of benzene rings is 1. The molecule has 9 heteroatoms. The molecule has 1 aromatic carbocycles. The molecular weight excluding hydrogens is 534 g/mol. The number of methoxy groups -OCH3 is 4. The summed E-state index contributed by atoms with van der Waals surface area (Å²) in [5, 5.41) is 3.72. The van der Waals surface area contributed by atoms with Gasteiger partial charge in [-0.2, -0.15) is 0 Å². The number of aldehydes is 1. The predicted octanol–water partition coefficient (Wildman–Crippen LogP) is 4.86. The van der Waals surface area contributed by atoms with Crippen LogP contribution >= 0.6 is 0 Å². The Hall–Kier alpha value is -3.46. The average molecular weight is 586 g/mol. The molecule has 2 aliphatic rings. The molecule has 1 saturated heterocycles. The van der Waals surface area contributed by atoms with E-state index in [0.29, 0.717) is 31.2 Å². The molecule has 0 bridgehead atoms. The Balaban J connectivity index is 0.000000401. The summed E-state index contributed by atoms with van der Waals surface area (Å²) in [7, 11) is 8.73. The molecule has 42 heavy (non-hydrogen) atoms. The lowest BCUT2D eigenvalue weighted by Gasteiger charge is -2.48. The summed E-state index contributed by atoms with van der Waals surface area (Å²) in [6.45, 7) is 9.65. The van der Waals surface area contributed by atoms with Crippen molar-refractivity contribution in [2.45, 2.75) is 65.0 Å². The topological polar surface area (TPSA) is 89.6 Å².